The van der Waals surface area contributed by atoms with E-state index in [0.717, 1.165) is 31.6 Å². The lowest BCUT2D eigenvalue weighted by atomic mass is 9.99. The Morgan fingerprint density at radius 3 is 2.89 bits per heavy atom. The molecule has 2 atom stereocenters. The summed E-state index contributed by atoms with van der Waals surface area (Å²) < 4.78 is 0. The molecule has 1 fully saturated rings. The summed E-state index contributed by atoms with van der Waals surface area (Å²) in [6.07, 6.45) is 2.70. The first-order valence-corrected chi connectivity index (χ1v) is 6.92. The standard InChI is InChI=1S/C13H22ClN5/c1-18-4-3-5-19(2)11(8-18)12(15)10-6-9(14)7-17-13(10)16/h6-7,11-12H,3-5,8,15H2,1-2H3,(H2,16,17). The number of nitrogen functional groups attached to an aromatic ring is 1. The summed E-state index contributed by atoms with van der Waals surface area (Å²) >= 11 is 6.00. The molecule has 1 aliphatic rings. The Morgan fingerprint density at radius 2 is 2.16 bits per heavy atom. The molecule has 106 valence electrons. The van der Waals surface area contributed by atoms with Crippen LogP contribution in [-0.4, -0.2) is 54.6 Å². The van der Waals surface area contributed by atoms with E-state index in [1.54, 1.807) is 6.20 Å². The molecule has 4 N–H and O–H groups in total. The second kappa shape index (κ2) is 6.05. The SMILES string of the molecule is CN1CCCN(C)C(C(N)c2cc(Cl)cnc2N)C1. The second-order valence-corrected chi connectivity index (χ2v) is 5.75. The molecule has 0 amide bonds. The highest BCUT2D eigenvalue weighted by Gasteiger charge is 2.28. The second-order valence-electron chi connectivity index (χ2n) is 5.32. The van der Waals surface area contributed by atoms with Crippen LogP contribution in [0, 0.1) is 0 Å². The Balaban J connectivity index is 2.25. The highest BCUT2D eigenvalue weighted by molar-refractivity contribution is 6.30. The Kier molecular flexibility index (Phi) is 4.62. The smallest absolute Gasteiger partial charge is 0.128 e. The van der Waals surface area contributed by atoms with Crippen molar-refractivity contribution in [3.63, 3.8) is 0 Å². The molecular formula is C13H22ClN5. The molecule has 1 aromatic heterocycles. The van der Waals surface area contributed by atoms with Gasteiger partial charge in [0, 0.05) is 24.3 Å². The van der Waals surface area contributed by atoms with Crippen LogP contribution in [-0.2, 0) is 0 Å². The highest BCUT2D eigenvalue weighted by Crippen LogP contribution is 2.26. The molecule has 0 aliphatic carbocycles. The summed E-state index contributed by atoms with van der Waals surface area (Å²) in [5.41, 5.74) is 13.2. The third kappa shape index (κ3) is 3.36. The number of hydrogen-bond donors (Lipinski definition) is 2. The minimum atomic E-state index is -0.184. The summed E-state index contributed by atoms with van der Waals surface area (Å²) in [5, 5.41) is 0.573. The number of nitrogens with two attached hydrogens (primary N) is 2. The molecule has 5 nitrogen and oxygen atoms in total. The van der Waals surface area contributed by atoms with E-state index >= 15 is 0 Å². The van der Waals surface area contributed by atoms with E-state index in [-0.39, 0.29) is 12.1 Å². The number of nitrogens with zero attached hydrogens (tertiary/aromatic N) is 3. The van der Waals surface area contributed by atoms with Crippen molar-refractivity contribution in [1.82, 2.24) is 14.8 Å². The molecule has 1 aliphatic heterocycles. The first kappa shape index (κ1) is 14.5. The Hall–Kier alpha value is -0.880. The molecule has 2 heterocycles. The average molecular weight is 284 g/mol. The largest absolute Gasteiger partial charge is 0.383 e. The molecule has 0 radical (unpaired) electrons. The number of rotatable bonds is 2. The molecule has 0 bridgehead atoms. The van der Waals surface area contributed by atoms with Gasteiger partial charge in [-0.15, -0.1) is 0 Å². The van der Waals surface area contributed by atoms with E-state index in [9.17, 15) is 0 Å². The van der Waals surface area contributed by atoms with E-state index in [1.807, 2.05) is 6.07 Å². The van der Waals surface area contributed by atoms with Crippen molar-refractivity contribution < 1.29 is 0 Å². The molecule has 6 heteroatoms. The lowest BCUT2D eigenvalue weighted by Gasteiger charge is -2.32. The molecule has 0 saturated carbocycles. The van der Waals surface area contributed by atoms with Gasteiger partial charge < -0.3 is 21.3 Å². The number of anilines is 1. The van der Waals surface area contributed by atoms with E-state index in [0.29, 0.717) is 10.8 Å². The number of halogens is 1. The first-order chi connectivity index (χ1) is 8.99. The summed E-state index contributed by atoms with van der Waals surface area (Å²) in [7, 11) is 4.23. The third-order valence-corrected chi connectivity index (χ3v) is 4.01. The molecule has 0 aromatic carbocycles. The molecular weight excluding hydrogens is 262 g/mol. The molecule has 1 saturated heterocycles. The Morgan fingerprint density at radius 1 is 1.42 bits per heavy atom. The molecule has 19 heavy (non-hydrogen) atoms. The molecule has 2 rings (SSSR count). The van der Waals surface area contributed by atoms with Crippen molar-refractivity contribution in [2.75, 3.05) is 39.5 Å². The zero-order valence-corrected chi connectivity index (χ0v) is 12.3. The normalized spacial score (nSPS) is 24.1. The van der Waals surface area contributed by atoms with Gasteiger partial charge in [0.1, 0.15) is 5.82 Å². The van der Waals surface area contributed by atoms with Gasteiger partial charge in [-0.1, -0.05) is 11.6 Å². The lowest BCUT2D eigenvalue weighted by Crippen LogP contribution is -2.45. The van der Waals surface area contributed by atoms with Crippen LogP contribution in [0.15, 0.2) is 12.3 Å². The quantitative estimate of drug-likeness (QED) is 0.846. The van der Waals surface area contributed by atoms with Crippen molar-refractivity contribution in [2.24, 2.45) is 5.73 Å². The van der Waals surface area contributed by atoms with E-state index in [2.05, 4.69) is 28.9 Å². The van der Waals surface area contributed by atoms with E-state index < -0.39 is 0 Å². The van der Waals surface area contributed by atoms with Gasteiger partial charge in [-0.05, 0) is 39.7 Å². The minimum absolute atomic E-state index is 0.184. The molecule has 1 aromatic rings. The maximum Gasteiger partial charge on any atom is 0.128 e. The lowest BCUT2D eigenvalue weighted by molar-refractivity contribution is 0.196. The summed E-state index contributed by atoms with van der Waals surface area (Å²) in [6.45, 7) is 3.05. The first-order valence-electron chi connectivity index (χ1n) is 6.54. The van der Waals surface area contributed by atoms with Crippen LogP contribution in [0.2, 0.25) is 5.02 Å². The van der Waals surface area contributed by atoms with Crippen LogP contribution in [0.4, 0.5) is 5.82 Å². The average Bonchev–Trinajstić information content (AvgIpc) is 2.53. The maximum atomic E-state index is 6.41. The molecule has 0 spiro atoms. The van der Waals surface area contributed by atoms with Crippen molar-refractivity contribution in [2.45, 2.75) is 18.5 Å². The van der Waals surface area contributed by atoms with Gasteiger partial charge in [0.2, 0.25) is 0 Å². The van der Waals surface area contributed by atoms with Crippen LogP contribution in [0.5, 0.6) is 0 Å². The monoisotopic (exact) mass is 283 g/mol. The van der Waals surface area contributed by atoms with Gasteiger partial charge in [-0.3, -0.25) is 0 Å². The van der Waals surface area contributed by atoms with Gasteiger partial charge in [0.15, 0.2) is 0 Å². The predicted octanol–water partition coefficient (Wildman–Crippen LogP) is 0.953. The number of likely N-dealkylation sites (N-methyl/N-ethyl adjacent to an activating group) is 2. The fourth-order valence-corrected chi connectivity index (χ4v) is 2.80. The van der Waals surface area contributed by atoms with Crippen LogP contribution in [0.25, 0.3) is 0 Å². The van der Waals surface area contributed by atoms with Crippen LogP contribution in [0.1, 0.15) is 18.0 Å². The predicted molar refractivity (Wildman–Crippen MR) is 79.1 cm³/mol. The van der Waals surface area contributed by atoms with Crippen LogP contribution < -0.4 is 11.5 Å². The van der Waals surface area contributed by atoms with Crippen molar-refractivity contribution in [3.8, 4) is 0 Å². The van der Waals surface area contributed by atoms with Gasteiger partial charge >= 0.3 is 0 Å². The van der Waals surface area contributed by atoms with Gasteiger partial charge in [0.25, 0.3) is 0 Å². The highest BCUT2D eigenvalue weighted by atomic mass is 35.5. The van der Waals surface area contributed by atoms with E-state index in [4.69, 9.17) is 23.1 Å². The Bertz CT molecular complexity index is 439. The van der Waals surface area contributed by atoms with Crippen molar-refractivity contribution in [3.05, 3.63) is 22.8 Å². The van der Waals surface area contributed by atoms with E-state index in [1.165, 1.54) is 0 Å². The zero-order valence-electron chi connectivity index (χ0n) is 11.5. The van der Waals surface area contributed by atoms with Crippen molar-refractivity contribution in [1.29, 1.82) is 0 Å². The van der Waals surface area contributed by atoms with Crippen LogP contribution >= 0.6 is 11.6 Å². The summed E-state index contributed by atoms with van der Waals surface area (Å²) in [6, 6.07) is 1.86. The van der Waals surface area contributed by atoms with Gasteiger partial charge in [-0.25, -0.2) is 4.98 Å². The topological polar surface area (TPSA) is 71.4 Å². The number of pyridine rings is 1. The zero-order chi connectivity index (χ0) is 14.0. The summed E-state index contributed by atoms with van der Waals surface area (Å²) in [5.74, 6) is 0.470. The Labute approximate surface area is 119 Å². The van der Waals surface area contributed by atoms with Gasteiger partial charge in [-0.2, -0.15) is 0 Å². The molecule has 2 unspecified atom stereocenters. The number of aromatic nitrogens is 1. The minimum Gasteiger partial charge on any atom is -0.383 e. The fourth-order valence-electron chi connectivity index (χ4n) is 2.63. The number of hydrogen-bond acceptors (Lipinski definition) is 5. The summed E-state index contributed by atoms with van der Waals surface area (Å²) in [4.78, 5) is 8.70. The van der Waals surface area contributed by atoms with Crippen LogP contribution in [0.3, 0.4) is 0 Å². The fraction of sp³-hybridized carbons (Fsp3) is 0.615. The maximum absolute atomic E-state index is 6.41. The third-order valence-electron chi connectivity index (χ3n) is 3.81. The van der Waals surface area contributed by atoms with Crippen molar-refractivity contribution >= 4 is 17.4 Å². The van der Waals surface area contributed by atoms with Gasteiger partial charge in [0.05, 0.1) is 11.1 Å².